The Morgan fingerprint density at radius 1 is 1.36 bits per heavy atom. The Balaban J connectivity index is 4.01. The van der Waals surface area contributed by atoms with E-state index in [1.807, 2.05) is 6.92 Å². The smallest absolute Gasteiger partial charge is 0.130 e. The zero-order valence-electron chi connectivity index (χ0n) is 9.53. The minimum Gasteiger partial charge on any atom is -0.305 e. The molecule has 0 spiro atoms. The molecule has 0 heterocycles. The average Bonchev–Trinajstić information content (AvgIpc) is 2.02. The van der Waals surface area contributed by atoms with Crippen LogP contribution in [-0.2, 0) is 4.79 Å². The molecule has 82 valence electrons. The molecular weight excluding hydrogens is 256 g/mol. The van der Waals surface area contributed by atoms with Crippen LogP contribution in [0.5, 0.6) is 0 Å². The summed E-state index contributed by atoms with van der Waals surface area (Å²) in [6.07, 6.45) is 2.89. The topological polar surface area (TPSA) is 17.1 Å². The third-order valence-electron chi connectivity index (χ3n) is 2.29. The van der Waals surface area contributed by atoms with Crippen molar-refractivity contribution in [1.29, 1.82) is 0 Å². The van der Waals surface area contributed by atoms with Crippen LogP contribution in [0.4, 0.5) is 0 Å². The minimum atomic E-state index is -1.67. The van der Waals surface area contributed by atoms with Gasteiger partial charge in [0, 0.05) is 11.8 Å². The highest BCUT2D eigenvalue weighted by Gasteiger charge is 2.29. The lowest BCUT2D eigenvalue weighted by Gasteiger charge is -2.20. The Labute approximate surface area is 97.1 Å². The first-order chi connectivity index (χ1) is 6.40. The number of hydrogen-bond acceptors (Lipinski definition) is 1. The van der Waals surface area contributed by atoms with E-state index in [1.165, 1.54) is 0 Å². The molecule has 0 N–H and O–H groups in total. The fraction of sp³-hybridized carbons (Fsp3) is 0.727. The molecule has 0 radical (unpaired) electrons. The van der Waals surface area contributed by atoms with Crippen molar-refractivity contribution in [3.05, 3.63) is 12.2 Å². The highest BCUT2D eigenvalue weighted by molar-refractivity contribution is 9.09. The van der Waals surface area contributed by atoms with Gasteiger partial charge in [0.05, 0.1) is 0 Å². The molecule has 0 unspecified atom stereocenters. The fourth-order valence-electron chi connectivity index (χ4n) is 1.57. The van der Waals surface area contributed by atoms with Gasteiger partial charge in [0.25, 0.3) is 0 Å². The van der Waals surface area contributed by atoms with E-state index in [9.17, 15) is 4.79 Å². The van der Waals surface area contributed by atoms with Crippen molar-refractivity contribution in [3.63, 3.8) is 0 Å². The van der Waals surface area contributed by atoms with Gasteiger partial charge < -0.3 is 4.79 Å². The second-order valence-corrected chi connectivity index (χ2v) is 10.1. The molecule has 0 aromatic carbocycles. The molecule has 0 atom stereocenters. The molecule has 0 aliphatic rings. The largest absolute Gasteiger partial charge is 0.305 e. The summed E-state index contributed by atoms with van der Waals surface area (Å²) < 4.78 is 0. The molecule has 0 aliphatic carbocycles. The highest BCUT2D eigenvalue weighted by atomic mass is 79.9. The maximum Gasteiger partial charge on any atom is 0.130 e. The summed E-state index contributed by atoms with van der Waals surface area (Å²) in [5.74, 6) is 0. The fourth-order valence-corrected chi connectivity index (χ4v) is 4.53. The standard InChI is InChI=1S/C11H21BrOSi/c1-10(2)9-14(3,4)11(13)7-5-6-8-12/h1,5-9H2,2-4H3. The molecule has 0 aromatic rings. The molecule has 0 saturated heterocycles. The Kier molecular flexibility index (Phi) is 6.61. The van der Waals surface area contributed by atoms with Crippen LogP contribution in [0.25, 0.3) is 0 Å². The molecule has 0 aromatic heterocycles. The number of allylic oxidation sites excluding steroid dienone is 1. The van der Waals surface area contributed by atoms with Crippen LogP contribution in [0.15, 0.2) is 12.2 Å². The lowest BCUT2D eigenvalue weighted by atomic mass is 10.3. The van der Waals surface area contributed by atoms with Crippen molar-refractivity contribution in [3.8, 4) is 0 Å². The predicted octanol–water partition coefficient (Wildman–Crippen LogP) is 3.94. The highest BCUT2D eigenvalue weighted by Crippen LogP contribution is 2.18. The Hall–Kier alpha value is 0.107. The zero-order chi connectivity index (χ0) is 11.2. The van der Waals surface area contributed by atoms with E-state index in [0.29, 0.717) is 5.41 Å². The molecule has 0 rings (SSSR count). The van der Waals surface area contributed by atoms with Crippen molar-refractivity contribution in [2.24, 2.45) is 0 Å². The Bertz CT molecular complexity index is 211. The number of alkyl halides is 1. The maximum absolute atomic E-state index is 11.9. The quantitative estimate of drug-likeness (QED) is 0.298. The van der Waals surface area contributed by atoms with E-state index >= 15 is 0 Å². The van der Waals surface area contributed by atoms with Gasteiger partial charge >= 0.3 is 0 Å². The summed E-state index contributed by atoms with van der Waals surface area (Å²) >= 11 is 3.38. The van der Waals surface area contributed by atoms with E-state index in [2.05, 4.69) is 35.6 Å². The van der Waals surface area contributed by atoms with Gasteiger partial charge in [-0.3, -0.25) is 0 Å². The van der Waals surface area contributed by atoms with Crippen LogP contribution in [-0.4, -0.2) is 18.8 Å². The van der Waals surface area contributed by atoms with Gasteiger partial charge in [-0.1, -0.05) is 34.6 Å². The number of carbonyl (C=O) groups is 1. The predicted molar refractivity (Wildman–Crippen MR) is 69.8 cm³/mol. The van der Waals surface area contributed by atoms with Crippen molar-refractivity contribution >= 4 is 29.4 Å². The number of carbonyl (C=O) groups excluding carboxylic acids is 1. The van der Waals surface area contributed by atoms with E-state index in [0.717, 1.165) is 36.2 Å². The zero-order valence-corrected chi connectivity index (χ0v) is 12.1. The van der Waals surface area contributed by atoms with Gasteiger partial charge in [0.1, 0.15) is 13.5 Å². The summed E-state index contributed by atoms with van der Waals surface area (Å²) in [7, 11) is -1.67. The van der Waals surface area contributed by atoms with Crippen molar-refractivity contribution < 1.29 is 4.79 Å². The molecule has 0 fully saturated rings. The minimum absolute atomic E-state index is 0.501. The SMILES string of the molecule is C=C(C)C[Si](C)(C)C(=O)CCCCBr. The molecule has 0 saturated carbocycles. The van der Waals surface area contributed by atoms with Crippen LogP contribution in [0, 0.1) is 0 Å². The first kappa shape index (κ1) is 14.1. The van der Waals surface area contributed by atoms with Crippen LogP contribution in [0.1, 0.15) is 26.2 Å². The molecule has 1 nitrogen and oxygen atoms in total. The van der Waals surface area contributed by atoms with E-state index in [-0.39, 0.29) is 0 Å². The van der Waals surface area contributed by atoms with Crippen molar-refractivity contribution in [1.82, 2.24) is 0 Å². The summed E-state index contributed by atoms with van der Waals surface area (Å²) in [4.78, 5) is 11.9. The molecule has 0 bridgehead atoms. The number of unbranched alkanes of at least 4 members (excludes halogenated alkanes) is 1. The van der Waals surface area contributed by atoms with Gasteiger partial charge in [-0.15, -0.1) is 6.58 Å². The van der Waals surface area contributed by atoms with Gasteiger partial charge in [0.2, 0.25) is 0 Å². The summed E-state index contributed by atoms with van der Waals surface area (Å²) in [5, 5.41) is 1.50. The molecule has 14 heavy (non-hydrogen) atoms. The Morgan fingerprint density at radius 3 is 2.36 bits per heavy atom. The summed E-state index contributed by atoms with van der Waals surface area (Å²) in [6, 6.07) is 0.945. The molecular formula is C11H21BrOSi. The Morgan fingerprint density at radius 2 is 1.93 bits per heavy atom. The third-order valence-corrected chi connectivity index (χ3v) is 6.09. The van der Waals surface area contributed by atoms with Crippen LogP contribution in [0.2, 0.25) is 19.1 Å². The number of rotatable bonds is 7. The first-order valence-electron chi connectivity index (χ1n) is 5.14. The van der Waals surface area contributed by atoms with Gasteiger partial charge in [-0.25, -0.2) is 0 Å². The third kappa shape index (κ3) is 5.76. The number of hydrogen-bond donors (Lipinski definition) is 0. The van der Waals surface area contributed by atoms with Gasteiger partial charge in [-0.05, 0) is 25.8 Å². The van der Waals surface area contributed by atoms with E-state index < -0.39 is 8.07 Å². The molecule has 0 amide bonds. The normalized spacial score (nSPS) is 11.4. The second-order valence-electron chi connectivity index (χ2n) is 4.59. The monoisotopic (exact) mass is 276 g/mol. The molecule has 3 heteroatoms. The van der Waals surface area contributed by atoms with Crippen LogP contribution in [0.3, 0.4) is 0 Å². The lowest BCUT2D eigenvalue weighted by molar-refractivity contribution is -0.112. The van der Waals surface area contributed by atoms with Crippen molar-refractivity contribution in [2.75, 3.05) is 5.33 Å². The van der Waals surface area contributed by atoms with E-state index in [1.54, 1.807) is 0 Å². The number of halogens is 1. The second kappa shape index (κ2) is 6.56. The first-order valence-corrected chi connectivity index (χ1v) is 9.46. The summed E-state index contributed by atoms with van der Waals surface area (Å²) in [5.41, 5.74) is 1.15. The van der Waals surface area contributed by atoms with Crippen LogP contribution >= 0.6 is 15.9 Å². The lowest BCUT2D eigenvalue weighted by Crippen LogP contribution is -2.37. The van der Waals surface area contributed by atoms with Crippen LogP contribution < -0.4 is 0 Å². The van der Waals surface area contributed by atoms with Gasteiger partial charge in [0.15, 0.2) is 0 Å². The summed E-state index contributed by atoms with van der Waals surface area (Å²) in [6.45, 7) is 10.2. The molecule has 0 aliphatic heterocycles. The van der Waals surface area contributed by atoms with Gasteiger partial charge in [-0.2, -0.15) is 0 Å². The average molecular weight is 277 g/mol. The maximum atomic E-state index is 11.9. The van der Waals surface area contributed by atoms with Crippen molar-refractivity contribution in [2.45, 2.75) is 45.3 Å². The van der Waals surface area contributed by atoms with E-state index in [4.69, 9.17) is 0 Å².